The highest BCUT2D eigenvalue weighted by Crippen LogP contribution is 2.20. The second-order valence-electron chi connectivity index (χ2n) is 6.92. The summed E-state index contributed by atoms with van der Waals surface area (Å²) < 4.78 is 20.8. The minimum atomic E-state index is -0.375. The highest BCUT2D eigenvalue weighted by molar-refractivity contribution is 9.10. The quantitative estimate of drug-likeness (QED) is 0.665. The van der Waals surface area contributed by atoms with E-state index in [1.807, 2.05) is 12.1 Å². The summed E-state index contributed by atoms with van der Waals surface area (Å²) in [4.78, 5) is 26.6. The number of hydrogen-bond acceptors (Lipinski definition) is 4. The van der Waals surface area contributed by atoms with Crippen LogP contribution in [0.2, 0.25) is 0 Å². The maximum absolute atomic E-state index is 13.0. The van der Waals surface area contributed by atoms with Gasteiger partial charge in [0.25, 0.3) is 5.91 Å². The Balaban J connectivity index is 1.36. The van der Waals surface area contributed by atoms with E-state index in [4.69, 9.17) is 4.42 Å². The fourth-order valence-electron chi connectivity index (χ4n) is 3.46. The SMILES string of the molecule is O=C(NC1CCN(Cn2c(=O)oc3cc(Br)ccc32)CC1)c1ccc(F)cc1. The number of aromatic nitrogens is 1. The highest BCUT2D eigenvalue weighted by Gasteiger charge is 2.22. The van der Waals surface area contributed by atoms with Gasteiger partial charge in [0, 0.05) is 29.2 Å². The maximum Gasteiger partial charge on any atom is 0.421 e. The van der Waals surface area contributed by atoms with Crippen LogP contribution in [-0.2, 0) is 6.67 Å². The van der Waals surface area contributed by atoms with Gasteiger partial charge in [-0.25, -0.2) is 9.18 Å². The minimum absolute atomic E-state index is 0.0579. The number of fused-ring (bicyclic) bond motifs is 1. The van der Waals surface area contributed by atoms with E-state index in [0.717, 1.165) is 35.9 Å². The lowest BCUT2D eigenvalue weighted by Crippen LogP contribution is -2.45. The standard InChI is InChI=1S/C20H19BrFN3O3/c21-14-3-6-17-18(11-14)28-20(27)25(17)12-24-9-7-16(8-10-24)23-19(26)13-1-4-15(22)5-2-13/h1-6,11,16H,7-10,12H2,(H,23,26). The molecule has 8 heteroatoms. The second-order valence-corrected chi connectivity index (χ2v) is 7.84. The molecule has 1 saturated heterocycles. The van der Waals surface area contributed by atoms with E-state index < -0.39 is 0 Å². The predicted molar refractivity (Wildman–Crippen MR) is 107 cm³/mol. The van der Waals surface area contributed by atoms with Crippen LogP contribution < -0.4 is 11.1 Å². The van der Waals surface area contributed by atoms with Crippen LogP contribution in [0.15, 0.2) is 56.1 Å². The number of amides is 1. The molecule has 2 heterocycles. The molecule has 0 bridgehead atoms. The smallest absolute Gasteiger partial charge is 0.408 e. The van der Waals surface area contributed by atoms with Crippen molar-refractivity contribution in [3.8, 4) is 0 Å². The zero-order valence-corrected chi connectivity index (χ0v) is 16.6. The van der Waals surface area contributed by atoms with Crippen LogP contribution in [-0.4, -0.2) is 34.5 Å². The van der Waals surface area contributed by atoms with E-state index in [2.05, 4.69) is 26.1 Å². The van der Waals surface area contributed by atoms with Gasteiger partial charge in [-0.05, 0) is 55.3 Å². The van der Waals surface area contributed by atoms with Crippen molar-refractivity contribution in [2.75, 3.05) is 13.1 Å². The largest absolute Gasteiger partial charge is 0.421 e. The summed E-state index contributed by atoms with van der Waals surface area (Å²) in [7, 11) is 0. The summed E-state index contributed by atoms with van der Waals surface area (Å²) in [6, 6.07) is 11.1. The molecule has 28 heavy (non-hydrogen) atoms. The van der Waals surface area contributed by atoms with E-state index in [9.17, 15) is 14.0 Å². The molecular formula is C20H19BrFN3O3. The van der Waals surface area contributed by atoms with Crippen molar-refractivity contribution in [3.05, 3.63) is 68.9 Å². The van der Waals surface area contributed by atoms with Crippen molar-refractivity contribution in [2.24, 2.45) is 0 Å². The molecule has 1 aliphatic heterocycles. The van der Waals surface area contributed by atoms with Crippen molar-refractivity contribution in [1.82, 2.24) is 14.8 Å². The molecule has 1 N–H and O–H groups in total. The van der Waals surface area contributed by atoms with Crippen LogP contribution in [0.25, 0.3) is 11.1 Å². The summed E-state index contributed by atoms with van der Waals surface area (Å²) in [5.41, 5.74) is 1.77. The van der Waals surface area contributed by atoms with Crippen molar-refractivity contribution in [3.63, 3.8) is 0 Å². The molecule has 3 aromatic rings. The summed E-state index contributed by atoms with van der Waals surface area (Å²) in [6.07, 6.45) is 1.56. The number of hydrogen-bond donors (Lipinski definition) is 1. The van der Waals surface area contributed by atoms with Crippen molar-refractivity contribution in [2.45, 2.75) is 25.6 Å². The van der Waals surface area contributed by atoms with Crippen LogP contribution in [0.5, 0.6) is 0 Å². The lowest BCUT2D eigenvalue weighted by molar-refractivity contribution is 0.0899. The predicted octanol–water partition coefficient (Wildman–Crippen LogP) is 3.35. The zero-order chi connectivity index (χ0) is 19.7. The number of rotatable bonds is 4. The Hall–Kier alpha value is -2.45. The average Bonchev–Trinajstić information content (AvgIpc) is 2.98. The number of nitrogens with one attached hydrogen (secondary N) is 1. The Labute approximate surface area is 169 Å². The molecule has 146 valence electrons. The van der Waals surface area contributed by atoms with Crippen LogP contribution in [0.1, 0.15) is 23.2 Å². The Morgan fingerprint density at radius 2 is 1.89 bits per heavy atom. The highest BCUT2D eigenvalue weighted by atomic mass is 79.9. The summed E-state index contributed by atoms with van der Waals surface area (Å²) in [6.45, 7) is 1.96. The topological polar surface area (TPSA) is 67.5 Å². The molecular weight excluding hydrogens is 429 g/mol. The first kappa shape index (κ1) is 18.9. The fourth-order valence-corrected chi connectivity index (χ4v) is 3.80. The minimum Gasteiger partial charge on any atom is -0.408 e. The third kappa shape index (κ3) is 4.02. The second kappa shape index (κ2) is 7.89. The molecule has 4 rings (SSSR count). The van der Waals surface area contributed by atoms with Crippen LogP contribution in [0, 0.1) is 5.82 Å². The van der Waals surface area contributed by atoms with Crippen LogP contribution in [0.4, 0.5) is 4.39 Å². The molecule has 1 aliphatic rings. The van der Waals surface area contributed by atoms with Gasteiger partial charge < -0.3 is 9.73 Å². The van der Waals surface area contributed by atoms with Crippen LogP contribution >= 0.6 is 15.9 Å². The first-order chi connectivity index (χ1) is 13.5. The van der Waals surface area contributed by atoms with Gasteiger partial charge in [0.05, 0.1) is 12.2 Å². The average molecular weight is 448 g/mol. The number of piperidine rings is 1. The third-order valence-electron chi connectivity index (χ3n) is 5.00. The van der Waals surface area contributed by atoms with Gasteiger partial charge in [-0.3, -0.25) is 14.3 Å². The maximum atomic E-state index is 13.0. The molecule has 0 saturated carbocycles. The molecule has 6 nitrogen and oxygen atoms in total. The van der Waals surface area contributed by atoms with E-state index in [1.165, 1.54) is 24.3 Å². The van der Waals surface area contributed by atoms with Crippen LogP contribution in [0.3, 0.4) is 0 Å². The molecule has 0 atom stereocenters. The molecule has 0 aliphatic carbocycles. The van der Waals surface area contributed by atoms with Crippen molar-refractivity contribution in [1.29, 1.82) is 0 Å². The van der Waals surface area contributed by atoms with Crippen molar-refractivity contribution >= 4 is 32.9 Å². The van der Waals surface area contributed by atoms with Crippen molar-refractivity contribution < 1.29 is 13.6 Å². The third-order valence-corrected chi connectivity index (χ3v) is 5.49. The van der Waals surface area contributed by atoms with Gasteiger partial charge >= 0.3 is 5.76 Å². The normalized spacial score (nSPS) is 15.8. The number of halogens is 2. The fraction of sp³-hybridized carbons (Fsp3) is 0.300. The van der Waals surface area contributed by atoms with Gasteiger partial charge in [-0.1, -0.05) is 15.9 Å². The Morgan fingerprint density at radius 3 is 2.61 bits per heavy atom. The number of likely N-dealkylation sites (tertiary alicyclic amines) is 1. The number of oxazole rings is 1. The molecule has 2 aromatic carbocycles. The molecule has 1 amide bonds. The zero-order valence-electron chi connectivity index (χ0n) is 15.0. The summed E-state index contributed by atoms with van der Waals surface area (Å²) in [5, 5.41) is 3.00. The Bertz CT molecular complexity index is 1050. The first-order valence-electron chi connectivity index (χ1n) is 9.07. The monoisotopic (exact) mass is 447 g/mol. The lowest BCUT2D eigenvalue weighted by atomic mass is 10.0. The summed E-state index contributed by atoms with van der Waals surface area (Å²) >= 11 is 3.38. The molecule has 1 aromatic heterocycles. The Morgan fingerprint density at radius 1 is 1.18 bits per heavy atom. The first-order valence-corrected chi connectivity index (χ1v) is 9.86. The molecule has 1 fully saturated rings. The lowest BCUT2D eigenvalue weighted by Gasteiger charge is -2.32. The van der Waals surface area contributed by atoms with Gasteiger partial charge in [-0.15, -0.1) is 0 Å². The van der Waals surface area contributed by atoms with E-state index in [-0.39, 0.29) is 23.5 Å². The number of nitrogens with zero attached hydrogens (tertiary/aromatic N) is 2. The van der Waals surface area contributed by atoms with Gasteiger partial charge in [0.2, 0.25) is 0 Å². The van der Waals surface area contributed by atoms with E-state index in [1.54, 1.807) is 10.6 Å². The number of carbonyl (C=O) groups excluding carboxylic acids is 1. The molecule has 0 radical (unpaired) electrons. The van der Waals surface area contributed by atoms with E-state index in [0.29, 0.717) is 17.8 Å². The number of carbonyl (C=O) groups is 1. The number of benzene rings is 2. The Kier molecular flexibility index (Phi) is 5.32. The summed E-state index contributed by atoms with van der Waals surface area (Å²) in [5.74, 6) is -0.930. The molecule has 0 spiro atoms. The van der Waals surface area contributed by atoms with Gasteiger partial charge in [0.1, 0.15) is 5.82 Å². The molecule has 0 unspecified atom stereocenters. The van der Waals surface area contributed by atoms with Gasteiger partial charge in [-0.2, -0.15) is 0 Å². The van der Waals surface area contributed by atoms with E-state index >= 15 is 0 Å². The van der Waals surface area contributed by atoms with Gasteiger partial charge in [0.15, 0.2) is 5.58 Å².